The molecule has 1 aliphatic heterocycles. The van der Waals surface area contributed by atoms with E-state index in [4.69, 9.17) is 0 Å². The van der Waals surface area contributed by atoms with Gasteiger partial charge in [0.2, 0.25) is 0 Å². The van der Waals surface area contributed by atoms with Crippen LogP contribution in [0, 0.1) is 0 Å². The summed E-state index contributed by atoms with van der Waals surface area (Å²) in [4.78, 5) is 0. The summed E-state index contributed by atoms with van der Waals surface area (Å²) in [6.07, 6.45) is 10.0. The summed E-state index contributed by atoms with van der Waals surface area (Å²) in [5, 5.41) is 1.91. The topological polar surface area (TPSA) is 15.3 Å². The normalized spacial score (nSPS) is 17.4. The van der Waals surface area contributed by atoms with Crippen molar-refractivity contribution in [3.05, 3.63) is 36.2 Å². The lowest BCUT2D eigenvalue weighted by Crippen LogP contribution is -2.29. The molecule has 0 saturated carbocycles. The van der Waals surface area contributed by atoms with Gasteiger partial charge in [0.15, 0.2) is 0 Å². The Morgan fingerprint density at radius 3 is 3.00 bits per heavy atom. The van der Waals surface area contributed by atoms with E-state index in [2.05, 4.69) is 5.43 Å². The van der Waals surface area contributed by atoms with Gasteiger partial charge < -0.3 is 0 Å². The van der Waals surface area contributed by atoms with E-state index in [1.54, 1.807) is 0 Å². The summed E-state index contributed by atoms with van der Waals surface area (Å²) in [5.74, 6) is 0. The minimum Gasteiger partial charge on any atom is -0.299 e. The first-order valence-electron chi connectivity index (χ1n) is 3.33. The van der Waals surface area contributed by atoms with Gasteiger partial charge in [-0.05, 0) is 25.2 Å². The van der Waals surface area contributed by atoms with Crippen LogP contribution in [0.15, 0.2) is 36.2 Å². The monoisotopic (exact) mass is 136 g/mol. The van der Waals surface area contributed by atoms with Crippen LogP contribution >= 0.6 is 0 Å². The Hall–Kier alpha value is -1.18. The molecule has 2 heteroatoms. The van der Waals surface area contributed by atoms with E-state index in [9.17, 15) is 0 Å². The molecule has 1 aliphatic rings. The van der Waals surface area contributed by atoms with E-state index >= 15 is 0 Å². The maximum absolute atomic E-state index is 3.14. The average Bonchev–Trinajstić information content (AvgIpc) is 1.88. The fourth-order valence-corrected chi connectivity index (χ4v) is 0.826. The molecule has 1 heterocycles. The largest absolute Gasteiger partial charge is 0.299 e. The summed E-state index contributed by atoms with van der Waals surface area (Å²) in [6.45, 7) is 2.00. The first-order chi connectivity index (χ1) is 4.83. The van der Waals surface area contributed by atoms with Crippen molar-refractivity contribution < 1.29 is 0 Å². The molecule has 54 valence electrons. The average molecular weight is 136 g/mol. The van der Waals surface area contributed by atoms with Gasteiger partial charge in [0.25, 0.3) is 0 Å². The van der Waals surface area contributed by atoms with Crippen LogP contribution in [-0.4, -0.2) is 12.1 Å². The van der Waals surface area contributed by atoms with Gasteiger partial charge in [-0.3, -0.25) is 10.4 Å². The van der Waals surface area contributed by atoms with Gasteiger partial charge in [0.1, 0.15) is 0 Å². The van der Waals surface area contributed by atoms with Crippen LogP contribution in [-0.2, 0) is 0 Å². The Bertz CT molecular complexity index is 189. The zero-order valence-corrected chi connectivity index (χ0v) is 6.33. The predicted molar refractivity (Wildman–Crippen MR) is 42.9 cm³/mol. The highest BCUT2D eigenvalue weighted by Gasteiger charge is 1.95. The van der Waals surface area contributed by atoms with Crippen LogP contribution in [0.1, 0.15) is 6.92 Å². The van der Waals surface area contributed by atoms with Gasteiger partial charge in [0.05, 0.1) is 5.70 Å². The van der Waals surface area contributed by atoms with Crippen molar-refractivity contribution in [2.45, 2.75) is 6.92 Å². The molecule has 1 rings (SSSR count). The Labute approximate surface area is 61.5 Å². The molecular formula is C8H12N2. The molecule has 10 heavy (non-hydrogen) atoms. The summed E-state index contributed by atoms with van der Waals surface area (Å²) in [6, 6.07) is 0. The van der Waals surface area contributed by atoms with Crippen molar-refractivity contribution in [1.29, 1.82) is 0 Å². The molecular weight excluding hydrogens is 124 g/mol. The van der Waals surface area contributed by atoms with Crippen LogP contribution in [0.2, 0.25) is 0 Å². The molecule has 2 nitrogen and oxygen atoms in total. The molecule has 0 unspecified atom stereocenters. The first kappa shape index (κ1) is 6.93. The fourth-order valence-electron chi connectivity index (χ4n) is 0.826. The standard InChI is InChI=1S/C8H12N2/c1-3-5-8-6-4-7-10(2)9-8/h3-7,9H,1-2H3. The number of nitrogens with zero attached hydrogens (tertiary/aromatic N) is 1. The third kappa shape index (κ3) is 1.65. The number of hydrazine groups is 1. The fraction of sp³-hybridized carbons (Fsp3) is 0.250. The lowest BCUT2D eigenvalue weighted by Gasteiger charge is -2.20. The van der Waals surface area contributed by atoms with Crippen LogP contribution < -0.4 is 5.43 Å². The molecule has 0 aliphatic carbocycles. The van der Waals surface area contributed by atoms with E-state index in [-0.39, 0.29) is 0 Å². The van der Waals surface area contributed by atoms with Crippen LogP contribution in [0.25, 0.3) is 0 Å². The number of hydrogen-bond donors (Lipinski definition) is 1. The molecule has 0 aromatic carbocycles. The third-order valence-electron chi connectivity index (χ3n) is 1.24. The van der Waals surface area contributed by atoms with Gasteiger partial charge in [-0.15, -0.1) is 0 Å². The van der Waals surface area contributed by atoms with Crippen molar-refractivity contribution in [3.8, 4) is 0 Å². The molecule has 1 N–H and O–H groups in total. The number of allylic oxidation sites excluding steroid dienone is 4. The van der Waals surface area contributed by atoms with Gasteiger partial charge in [-0.1, -0.05) is 6.08 Å². The molecule has 0 fully saturated rings. The van der Waals surface area contributed by atoms with E-state index in [0.717, 1.165) is 5.70 Å². The lowest BCUT2D eigenvalue weighted by molar-refractivity contribution is 0.370. The van der Waals surface area contributed by atoms with E-state index in [0.29, 0.717) is 0 Å². The molecule has 0 aromatic heterocycles. The van der Waals surface area contributed by atoms with Crippen LogP contribution in [0.4, 0.5) is 0 Å². The molecule has 0 aromatic rings. The van der Waals surface area contributed by atoms with E-state index in [1.807, 2.05) is 49.5 Å². The Morgan fingerprint density at radius 1 is 1.60 bits per heavy atom. The lowest BCUT2D eigenvalue weighted by atomic mass is 10.3. The highest BCUT2D eigenvalue weighted by Crippen LogP contribution is 1.99. The second-order valence-electron chi connectivity index (χ2n) is 2.19. The van der Waals surface area contributed by atoms with Crippen LogP contribution in [0.3, 0.4) is 0 Å². The van der Waals surface area contributed by atoms with Gasteiger partial charge in [0, 0.05) is 13.2 Å². The van der Waals surface area contributed by atoms with Gasteiger partial charge in [-0.25, -0.2) is 0 Å². The molecule has 0 amide bonds. The zero-order valence-electron chi connectivity index (χ0n) is 6.33. The Balaban J connectivity index is 2.61. The second kappa shape index (κ2) is 3.11. The minimum atomic E-state index is 1.12. The van der Waals surface area contributed by atoms with Gasteiger partial charge >= 0.3 is 0 Å². The summed E-state index contributed by atoms with van der Waals surface area (Å²) >= 11 is 0. The molecule has 0 radical (unpaired) electrons. The SMILES string of the molecule is CC=CC1=CC=CN(C)N1. The molecule has 0 atom stereocenters. The zero-order chi connectivity index (χ0) is 7.40. The highest BCUT2D eigenvalue weighted by atomic mass is 15.5. The third-order valence-corrected chi connectivity index (χ3v) is 1.24. The van der Waals surface area contributed by atoms with E-state index in [1.165, 1.54) is 0 Å². The predicted octanol–water partition coefficient (Wildman–Crippen LogP) is 1.41. The number of hydrogen-bond acceptors (Lipinski definition) is 2. The summed E-state index contributed by atoms with van der Waals surface area (Å²) in [7, 11) is 1.97. The molecule has 0 spiro atoms. The minimum absolute atomic E-state index is 1.12. The van der Waals surface area contributed by atoms with Crippen molar-refractivity contribution >= 4 is 0 Å². The number of nitrogens with one attached hydrogen (secondary N) is 1. The quantitative estimate of drug-likeness (QED) is 0.586. The number of rotatable bonds is 1. The first-order valence-corrected chi connectivity index (χ1v) is 3.33. The Kier molecular flexibility index (Phi) is 2.15. The van der Waals surface area contributed by atoms with Crippen LogP contribution in [0.5, 0.6) is 0 Å². The van der Waals surface area contributed by atoms with Gasteiger partial charge in [-0.2, -0.15) is 0 Å². The Morgan fingerprint density at radius 2 is 2.40 bits per heavy atom. The van der Waals surface area contributed by atoms with Crippen molar-refractivity contribution in [3.63, 3.8) is 0 Å². The maximum atomic E-state index is 3.14. The highest BCUT2D eigenvalue weighted by molar-refractivity contribution is 5.23. The van der Waals surface area contributed by atoms with Crippen molar-refractivity contribution in [2.75, 3.05) is 7.05 Å². The second-order valence-corrected chi connectivity index (χ2v) is 2.19. The van der Waals surface area contributed by atoms with Crippen molar-refractivity contribution in [2.24, 2.45) is 0 Å². The molecule has 0 bridgehead atoms. The smallest absolute Gasteiger partial charge is 0.0539 e. The van der Waals surface area contributed by atoms with Crippen molar-refractivity contribution in [1.82, 2.24) is 10.4 Å². The summed E-state index contributed by atoms with van der Waals surface area (Å²) in [5.41, 5.74) is 4.26. The summed E-state index contributed by atoms with van der Waals surface area (Å²) < 4.78 is 0. The molecule has 0 saturated heterocycles. The maximum Gasteiger partial charge on any atom is 0.0539 e. The van der Waals surface area contributed by atoms with E-state index < -0.39 is 0 Å².